The van der Waals surface area contributed by atoms with E-state index in [0.29, 0.717) is 12.1 Å². The Balaban J connectivity index is 1.98. The second kappa shape index (κ2) is 6.13. The molecule has 5 heteroatoms. The molecule has 2 rings (SSSR count). The van der Waals surface area contributed by atoms with Crippen molar-refractivity contribution in [2.75, 3.05) is 33.2 Å². The third-order valence-electron chi connectivity index (χ3n) is 4.65. The van der Waals surface area contributed by atoms with Crippen molar-refractivity contribution < 1.29 is 9.53 Å². The van der Waals surface area contributed by atoms with Crippen molar-refractivity contribution >= 4 is 6.09 Å². The molecular weight excluding hydrogens is 266 g/mol. The molecule has 122 valence electrons. The zero-order valence-corrected chi connectivity index (χ0v) is 14.4. The van der Waals surface area contributed by atoms with Gasteiger partial charge in [0.15, 0.2) is 0 Å². The SMILES string of the molecule is C[C@H]1[C@@H](N2CCN(C)C[C@@H]2C)CCN1C(=O)OC(C)(C)C. The number of ether oxygens (including phenoxy) is 1. The number of piperazine rings is 1. The van der Waals surface area contributed by atoms with Gasteiger partial charge in [0.05, 0.1) is 0 Å². The lowest BCUT2D eigenvalue weighted by Crippen LogP contribution is -2.57. The summed E-state index contributed by atoms with van der Waals surface area (Å²) in [5.74, 6) is 0. The highest BCUT2D eigenvalue weighted by molar-refractivity contribution is 5.69. The van der Waals surface area contributed by atoms with Crippen LogP contribution in [0, 0.1) is 0 Å². The van der Waals surface area contributed by atoms with Gasteiger partial charge >= 0.3 is 6.09 Å². The number of nitrogens with zero attached hydrogens (tertiary/aromatic N) is 3. The number of rotatable bonds is 1. The number of likely N-dealkylation sites (tertiary alicyclic amines) is 1. The van der Waals surface area contributed by atoms with Crippen LogP contribution in [0.15, 0.2) is 0 Å². The van der Waals surface area contributed by atoms with Crippen molar-refractivity contribution in [1.82, 2.24) is 14.7 Å². The van der Waals surface area contributed by atoms with Gasteiger partial charge in [-0.25, -0.2) is 4.79 Å². The average Bonchev–Trinajstić information content (AvgIpc) is 2.69. The summed E-state index contributed by atoms with van der Waals surface area (Å²) in [6.45, 7) is 14.3. The van der Waals surface area contributed by atoms with Crippen LogP contribution in [0.25, 0.3) is 0 Å². The monoisotopic (exact) mass is 297 g/mol. The second-order valence-electron chi connectivity index (χ2n) is 7.62. The summed E-state index contributed by atoms with van der Waals surface area (Å²) in [7, 11) is 2.18. The van der Waals surface area contributed by atoms with Crippen LogP contribution in [-0.4, -0.2) is 77.7 Å². The van der Waals surface area contributed by atoms with Crippen molar-refractivity contribution in [1.29, 1.82) is 0 Å². The molecule has 0 N–H and O–H groups in total. The van der Waals surface area contributed by atoms with Gasteiger partial charge < -0.3 is 14.5 Å². The zero-order chi connectivity index (χ0) is 15.8. The minimum Gasteiger partial charge on any atom is -0.444 e. The molecule has 2 heterocycles. The smallest absolute Gasteiger partial charge is 0.410 e. The summed E-state index contributed by atoms with van der Waals surface area (Å²) in [4.78, 5) is 19.2. The Bertz CT molecular complexity index is 380. The van der Waals surface area contributed by atoms with Crippen molar-refractivity contribution in [2.45, 2.75) is 64.8 Å². The molecule has 0 radical (unpaired) electrons. The minimum atomic E-state index is -0.421. The van der Waals surface area contributed by atoms with E-state index in [9.17, 15) is 4.79 Å². The van der Waals surface area contributed by atoms with E-state index in [0.717, 1.165) is 32.6 Å². The fourth-order valence-electron chi connectivity index (χ4n) is 3.59. The van der Waals surface area contributed by atoms with Crippen LogP contribution >= 0.6 is 0 Å². The van der Waals surface area contributed by atoms with Crippen LogP contribution in [0.4, 0.5) is 4.79 Å². The number of hydrogen-bond acceptors (Lipinski definition) is 4. The van der Waals surface area contributed by atoms with Crippen LogP contribution in [0.1, 0.15) is 41.0 Å². The molecule has 0 unspecified atom stereocenters. The molecule has 2 saturated heterocycles. The zero-order valence-electron chi connectivity index (χ0n) is 14.4. The Morgan fingerprint density at radius 2 is 1.81 bits per heavy atom. The number of amides is 1. The predicted octanol–water partition coefficient (Wildman–Crippen LogP) is 2.02. The van der Waals surface area contributed by atoms with Crippen molar-refractivity contribution in [3.05, 3.63) is 0 Å². The lowest BCUT2D eigenvalue weighted by atomic mass is 10.0. The van der Waals surface area contributed by atoms with Crippen LogP contribution in [0.3, 0.4) is 0 Å². The molecule has 2 fully saturated rings. The molecule has 21 heavy (non-hydrogen) atoms. The number of carbonyl (C=O) groups excluding carboxylic acids is 1. The molecular formula is C16H31N3O2. The van der Waals surface area contributed by atoms with Crippen LogP contribution in [0.5, 0.6) is 0 Å². The van der Waals surface area contributed by atoms with Gasteiger partial charge in [-0.2, -0.15) is 0 Å². The summed E-state index contributed by atoms with van der Waals surface area (Å²) in [6, 6.07) is 1.24. The van der Waals surface area contributed by atoms with E-state index in [1.807, 2.05) is 25.7 Å². The highest BCUT2D eigenvalue weighted by Crippen LogP contribution is 2.27. The summed E-state index contributed by atoms with van der Waals surface area (Å²) in [6.07, 6.45) is 0.883. The lowest BCUT2D eigenvalue weighted by molar-refractivity contribution is 0.0132. The van der Waals surface area contributed by atoms with Gasteiger partial charge in [0.25, 0.3) is 0 Å². The second-order valence-corrected chi connectivity index (χ2v) is 7.62. The highest BCUT2D eigenvalue weighted by Gasteiger charge is 2.41. The summed E-state index contributed by atoms with van der Waals surface area (Å²) < 4.78 is 5.53. The maximum atomic E-state index is 12.3. The molecule has 1 amide bonds. The minimum absolute atomic E-state index is 0.167. The molecule has 3 atom stereocenters. The van der Waals surface area contributed by atoms with Gasteiger partial charge in [0.1, 0.15) is 5.60 Å². The topological polar surface area (TPSA) is 36.0 Å². The normalized spacial score (nSPS) is 32.5. The Morgan fingerprint density at radius 3 is 2.38 bits per heavy atom. The molecule has 0 aliphatic carbocycles. The van der Waals surface area contributed by atoms with Crippen molar-refractivity contribution in [3.8, 4) is 0 Å². The van der Waals surface area contributed by atoms with Gasteiger partial charge in [-0.1, -0.05) is 0 Å². The van der Waals surface area contributed by atoms with Gasteiger partial charge in [-0.05, 0) is 48.1 Å². The van der Waals surface area contributed by atoms with E-state index in [1.54, 1.807) is 0 Å². The van der Waals surface area contributed by atoms with E-state index in [-0.39, 0.29) is 12.1 Å². The fraction of sp³-hybridized carbons (Fsp3) is 0.938. The Morgan fingerprint density at radius 1 is 1.14 bits per heavy atom. The van der Waals surface area contributed by atoms with E-state index >= 15 is 0 Å². The van der Waals surface area contributed by atoms with Crippen LogP contribution in [-0.2, 0) is 4.74 Å². The average molecular weight is 297 g/mol. The summed E-state index contributed by atoms with van der Waals surface area (Å²) >= 11 is 0. The van der Waals surface area contributed by atoms with E-state index in [4.69, 9.17) is 4.74 Å². The van der Waals surface area contributed by atoms with Crippen LogP contribution in [0.2, 0.25) is 0 Å². The first kappa shape index (κ1) is 16.6. The maximum Gasteiger partial charge on any atom is 0.410 e. The third-order valence-corrected chi connectivity index (χ3v) is 4.65. The summed E-state index contributed by atoms with van der Waals surface area (Å²) in [5.41, 5.74) is -0.421. The first-order valence-corrected chi connectivity index (χ1v) is 8.13. The Hall–Kier alpha value is -0.810. The highest BCUT2D eigenvalue weighted by atomic mass is 16.6. The molecule has 2 aliphatic heterocycles. The molecule has 5 nitrogen and oxygen atoms in total. The first-order chi connectivity index (χ1) is 9.69. The first-order valence-electron chi connectivity index (χ1n) is 8.13. The molecule has 0 aromatic heterocycles. The fourth-order valence-corrected chi connectivity index (χ4v) is 3.59. The molecule has 0 bridgehead atoms. The number of carbonyl (C=O) groups is 1. The van der Waals surface area contributed by atoms with Crippen LogP contribution < -0.4 is 0 Å². The number of hydrogen-bond donors (Lipinski definition) is 0. The molecule has 2 aliphatic rings. The van der Waals surface area contributed by atoms with Gasteiger partial charge in [-0.3, -0.25) is 4.90 Å². The van der Waals surface area contributed by atoms with Gasteiger partial charge in [0, 0.05) is 44.3 Å². The molecule has 0 spiro atoms. The van der Waals surface area contributed by atoms with Crippen molar-refractivity contribution in [2.24, 2.45) is 0 Å². The van der Waals surface area contributed by atoms with Gasteiger partial charge in [-0.15, -0.1) is 0 Å². The van der Waals surface area contributed by atoms with E-state index in [1.165, 1.54) is 0 Å². The van der Waals surface area contributed by atoms with Gasteiger partial charge in [0.2, 0.25) is 0 Å². The predicted molar refractivity (Wildman–Crippen MR) is 84.5 cm³/mol. The summed E-state index contributed by atoms with van der Waals surface area (Å²) in [5, 5.41) is 0. The van der Waals surface area contributed by atoms with E-state index < -0.39 is 5.60 Å². The molecule has 0 saturated carbocycles. The molecule has 0 aromatic rings. The van der Waals surface area contributed by atoms with Crippen molar-refractivity contribution in [3.63, 3.8) is 0 Å². The lowest BCUT2D eigenvalue weighted by Gasteiger charge is -2.43. The number of likely N-dealkylation sites (N-methyl/N-ethyl adjacent to an activating group) is 1. The Kier molecular flexibility index (Phi) is 4.83. The quantitative estimate of drug-likeness (QED) is 0.742. The largest absolute Gasteiger partial charge is 0.444 e. The maximum absolute atomic E-state index is 12.3. The Labute approximate surface area is 129 Å². The standard InChI is InChI=1S/C16H31N3O2/c1-12-11-17(6)9-10-18(12)14-7-8-19(13(14)2)15(20)21-16(3,4)5/h12-14H,7-11H2,1-6H3/t12-,13-,14-/m0/s1. The third kappa shape index (κ3) is 3.89. The molecule has 0 aromatic carbocycles. The van der Waals surface area contributed by atoms with E-state index in [2.05, 4.69) is 30.7 Å².